The van der Waals surface area contributed by atoms with Crippen molar-refractivity contribution >= 4 is 50.6 Å². The zero-order valence-electron chi connectivity index (χ0n) is 20.6. The number of nitrogens with two attached hydrogens (primary N) is 1. The number of nitrogens with one attached hydrogen (secondary N) is 3. The van der Waals surface area contributed by atoms with Crippen LogP contribution in [-0.2, 0) is 16.2 Å². The van der Waals surface area contributed by atoms with E-state index in [1.165, 1.54) is 30.5 Å². The lowest BCUT2D eigenvalue weighted by Gasteiger charge is -2.20. The van der Waals surface area contributed by atoms with Crippen LogP contribution in [0.1, 0.15) is 5.56 Å². The lowest BCUT2D eigenvalue weighted by Crippen LogP contribution is -2.21. The van der Waals surface area contributed by atoms with Crippen LogP contribution >= 0.6 is 0 Å². The fourth-order valence-electron chi connectivity index (χ4n) is 3.48. The van der Waals surface area contributed by atoms with Crippen LogP contribution in [0.5, 0.6) is 0 Å². The van der Waals surface area contributed by atoms with Crippen molar-refractivity contribution in [2.45, 2.75) is 11.1 Å². The third-order valence-corrected chi connectivity index (χ3v) is 6.35. The average molecular weight is 576 g/mol. The maximum absolute atomic E-state index is 14.0. The number of aromatic nitrogens is 2. The maximum Gasteiger partial charge on any atom is 0.416 e. The summed E-state index contributed by atoms with van der Waals surface area (Å²) in [6.45, 7) is 0. The van der Waals surface area contributed by atoms with Gasteiger partial charge in [0.15, 0.2) is 0 Å². The number of nitrogens with zero attached hydrogens (tertiary/aromatic N) is 3. The molecule has 1 aromatic heterocycles. The molecular weight excluding hydrogens is 554 g/mol. The van der Waals surface area contributed by atoms with E-state index >= 15 is 0 Å². The van der Waals surface area contributed by atoms with E-state index in [2.05, 4.69) is 25.9 Å². The number of carbonyl (C=O) groups excluding carboxylic acids is 1. The maximum atomic E-state index is 14.0. The predicted octanol–water partition coefficient (Wildman–Crippen LogP) is 5.44. The van der Waals surface area contributed by atoms with E-state index in [9.17, 15) is 30.8 Å². The van der Waals surface area contributed by atoms with E-state index in [1.807, 2.05) is 0 Å². The third-order valence-electron chi connectivity index (χ3n) is 5.44. The molecule has 40 heavy (non-hydrogen) atoms. The van der Waals surface area contributed by atoms with Crippen LogP contribution < -0.4 is 26.0 Å². The van der Waals surface area contributed by atoms with Gasteiger partial charge in [-0.25, -0.2) is 27.7 Å². The molecule has 3 aromatic carbocycles. The molecule has 0 radical (unpaired) electrons. The smallest absolute Gasteiger partial charge is 0.329 e. The first kappa shape index (κ1) is 28.3. The summed E-state index contributed by atoms with van der Waals surface area (Å²) in [6.07, 6.45) is -3.23. The SMILES string of the molecule is CN(c1cccc(NC(=O)Nc2cc(C(F)(F)F)ccc2F)c1)c1ccnc(Nc2cccc(S(N)(=O)=O)c2)n1. The molecule has 1 heterocycles. The monoisotopic (exact) mass is 575 g/mol. The molecule has 4 rings (SSSR count). The Morgan fingerprint density at radius 1 is 0.950 bits per heavy atom. The largest absolute Gasteiger partial charge is 0.416 e. The summed E-state index contributed by atoms with van der Waals surface area (Å²) in [7, 11) is -2.22. The van der Waals surface area contributed by atoms with Gasteiger partial charge in [-0.3, -0.25) is 0 Å². The second-order valence-electron chi connectivity index (χ2n) is 8.32. The summed E-state index contributed by atoms with van der Waals surface area (Å²) >= 11 is 0. The standard InChI is InChI=1S/C25H21F4N7O3S/c1-36(22-10-11-31-23(35-22)32-17-5-3-7-19(14-17)40(30,38)39)18-6-2-4-16(13-18)33-24(37)34-21-12-15(25(27,28)29)8-9-20(21)26/h2-14H,1H3,(H2,30,38,39)(H,31,32,35)(H2,33,34,37). The number of amides is 2. The summed E-state index contributed by atoms with van der Waals surface area (Å²) in [5.41, 5.74) is -0.522. The molecule has 0 aliphatic rings. The van der Waals surface area contributed by atoms with E-state index in [1.54, 1.807) is 42.3 Å². The van der Waals surface area contributed by atoms with Crippen molar-refractivity contribution < 1.29 is 30.8 Å². The molecule has 0 atom stereocenters. The summed E-state index contributed by atoms with van der Waals surface area (Å²) in [6, 6.07) is 14.6. The van der Waals surface area contributed by atoms with Gasteiger partial charge in [-0.1, -0.05) is 12.1 Å². The van der Waals surface area contributed by atoms with E-state index in [0.717, 1.165) is 0 Å². The number of hydrogen-bond donors (Lipinski definition) is 4. The number of halogens is 4. The van der Waals surface area contributed by atoms with Gasteiger partial charge < -0.3 is 20.9 Å². The van der Waals surface area contributed by atoms with Crippen LogP contribution in [-0.4, -0.2) is 31.5 Å². The highest BCUT2D eigenvalue weighted by Gasteiger charge is 2.31. The highest BCUT2D eigenvalue weighted by molar-refractivity contribution is 7.89. The number of hydrogen-bond acceptors (Lipinski definition) is 7. The molecule has 4 aromatic rings. The topological polar surface area (TPSA) is 142 Å². The second-order valence-corrected chi connectivity index (χ2v) is 9.88. The fourth-order valence-corrected chi connectivity index (χ4v) is 4.04. The van der Waals surface area contributed by atoms with Crippen LogP contribution in [0.2, 0.25) is 0 Å². The quantitative estimate of drug-likeness (QED) is 0.215. The predicted molar refractivity (Wildman–Crippen MR) is 142 cm³/mol. The molecule has 2 amide bonds. The fraction of sp³-hybridized carbons (Fsp3) is 0.0800. The normalized spacial score (nSPS) is 11.6. The van der Waals surface area contributed by atoms with Crippen LogP contribution in [0, 0.1) is 5.82 Å². The minimum Gasteiger partial charge on any atom is -0.329 e. The highest BCUT2D eigenvalue weighted by atomic mass is 32.2. The van der Waals surface area contributed by atoms with Crippen LogP contribution in [0.3, 0.4) is 0 Å². The number of benzene rings is 3. The Bertz CT molecular complexity index is 1670. The van der Waals surface area contributed by atoms with Crippen molar-refractivity contribution in [1.29, 1.82) is 0 Å². The van der Waals surface area contributed by atoms with Crippen LogP contribution in [0.4, 0.5) is 56.9 Å². The first-order valence-corrected chi connectivity index (χ1v) is 12.9. The summed E-state index contributed by atoms with van der Waals surface area (Å²) in [5.74, 6) is -0.443. The van der Waals surface area contributed by atoms with E-state index in [-0.39, 0.29) is 16.5 Å². The second kappa shape index (κ2) is 11.2. The van der Waals surface area contributed by atoms with Gasteiger partial charge in [-0.15, -0.1) is 0 Å². The molecule has 0 spiro atoms. The third kappa shape index (κ3) is 7.00. The molecule has 0 fully saturated rings. The lowest BCUT2D eigenvalue weighted by molar-refractivity contribution is -0.137. The van der Waals surface area contributed by atoms with Gasteiger partial charge in [0.1, 0.15) is 11.6 Å². The molecule has 0 aliphatic carbocycles. The first-order chi connectivity index (χ1) is 18.8. The molecule has 15 heteroatoms. The number of urea groups is 1. The molecule has 0 unspecified atom stereocenters. The Kier molecular flexibility index (Phi) is 7.88. The molecule has 208 valence electrons. The van der Waals surface area contributed by atoms with Gasteiger partial charge >= 0.3 is 12.2 Å². The summed E-state index contributed by atoms with van der Waals surface area (Å²) in [4.78, 5) is 22.5. The number of anilines is 6. The van der Waals surface area contributed by atoms with Crippen molar-refractivity contribution in [3.05, 3.63) is 90.4 Å². The Morgan fingerprint density at radius 3 is 2.40 bits per heavy atom. The van der Waals surface area contributed by atoms with Crippen LogP contribution in [0.15, 0.2) is 83.9 Å². The van der Waals surface area contributed by atoms with Gasteiger partial charge in [0.05, 0.1) is 16.1 Å². The Morgan fingerprint density at radius 2 is 1.68 bits per heavy atom. The van der Waals surface area contributed by atoms with Crippen molar-refractivity contribution in [2.75, 3.05) is 27.9 Å². The summed E-state index contributed by atoms with van der Waals surface area (Å²) in [5, 5.41) is 12.6. The van der Waals surface area contributed by atoms with Gasteiger partial charge in [0.25, 0.3) is 0 Å². The van der Waals surface area contributed by atoms with E-state index in [0.29, 0.717) is 35.4 Å². The van der Waals surface area contributed by atoms with Gasteiger partial charge in [-0.2, -0.15) is 18.2 Å². The number of alkyl halides is 3. The lowest BCUT2D eigenvalue weighted by atomic mass is 10.2. The zero-order valence-corrected chi connectivity index (χ0v) is 21.4. The van der Waals surface area contributed by atoms with Crippen molar-refractivity contribution in [3.63, 3.8) is 0 Å². The summed E-state index contributed by atoms with van der Waals surface area (Å²) < 4.78 is 76.0. The van der Waals surface area contributed by atoms with Gasteiger partial charge in [-0.05, 0) is 60.7 Å². The molecule has 0 bridgehead atoms. The van der Waals surface area contributed by atoms with E-state index < -0.39 is 39.3 Å². The first-order valence-electron chi connectivity index (χ1n) is 11.3. The van der Waals surface area contributed by atoms with E-state index in [4.69, 9.17) is 5.14 Å². The molecular formula is C25H21F4N7O3S. The van der Waals surface area contributed by atoms with Gasteiger partial charge in [0, 0.05) is 30.3 Å². The number of rotatable bonds is 7. The minimum absolute atomic E-state index is 0.0880. The average Bonchev–Trinajstić information content (AvgIpc) is 2.89. The van der Waals surface area contributed by atoms with Crippen molar-refractivity contribution in [3.8, 4) is 0 Å². The molecule has 10 nitrogen and oxygen atoms in total. The molecule has 0 saturated carbocycles. The van der Waals surface area contributed by atoms with Crippen LogP contribution in [0.25, 0.3) is 0 Å². The number of primary sulfonamides is 1. The Labute approximate surface area is 225 Å². The van der Waals surface area contributed by atoms with Gasteiger partial charge in [0.2, 0.25) is 16.0 Å². The number of sulfonamides is 1. The molecule has 5 N–H and O–H groups in total. The number of carbonyl (C=O) groups is 1. The Balaban J connectivity index is 1.47. The molecule has 0 saturated heterocycles. The van der Waals surface area contributed by atoms with Crippen molar-refractivity contribution in [1.82, 2.24) is 9.97 Å². The van der Waals surface area contributed by atoms with Crippen molar-refractivity contribution in [2.24, 2.45) is 5.14 Å². The highest BCUT2D eigenvalue weighted by Crippen LogP contribution is 2.32. The zero-order chi connectivity index (χ0) is 29.1. The Hall–Kier alpha value is -4.76. The minimum atomic E-state index is -4.70. The molecule has 0 aliphatic heterocycles.